The van der Waals surface area contributed by atoms with Crippen LogP contribution in [0, 0.1) is 5.92 Å². The summed E-state index contributed by atoms with van der Waals surface area (Å²) < 4.78 is 1.45. The van der Waals surface area contributed by atoms with Crippen LogP contribution in [0.4, 0.5) is 0 Å². The predicted octanol–water partition coefficient (Wildman–Crippen LogP) is -0.729. The fourth-order valence-electron chi connectivity index (χ4n) is 1.99. The third kappa shape index (κ3) is 1.88. The highest BCUT2D eigenvalue weighted by molar-refractivity contribution is 5.86. The highest BCUT2D eigenvalue weighted by Gasteiger charge is 2.27. The van der Waals surface area contributed by atoms with Crippen LogP contribution in [0.5, 0.6) is 0 Å². The summed E-state index contributed by atoms with van der Waals surface area (Å²) in [6.45, 7) is 0. The second-order valence-corrected chi connectivity index (χ2v) is 4.00. The molecule has 2 N–H and O–H groups in total. The maximum absolute atomic E-state index is 12.0. The molecule has 0 aliphatic heterocycles. The molecule has 0 spiro atoms. The van der Waals surface area contributed by atoms with E-state index in [4.69, 9.17) is 0 Å². The third-order valence-electron chi connectivity index (χ3n) is 2.90. The number of aromatic amines is 1. The maximum Gasteiger partial charge on any atom is 0.242 e. The van der Waals surface area contributed by atoms with Gasteiger partial charge in [-0.3, -0.25) is 10.2 Å². The Morgan fingerprint density at radius 3 is 2.94 bits per heavy atom. The average molecular weight is 233 g/mol. The molecule has 0 bridgehead atoms. The van der Waals surface area contributed by atoms with Gasteiger partial charge in [0.25, 0.3) is 0 Å². The van der Waals surface area contributed by atoms with E-state index in [1.54, 1.807) is 0 Å². The van der Waals surface area contributed by atoms with Gasteiger partial charge < -0.3 is 0 Å². The summed E-state index contributed by atoms with van der Waals surface area (Å²) >= 11 is 0. The number of H-pyrrole nitrogens is 1. The van der Waals surface area contributed by atoms with Crippen LogP contribution in [-0.4, -0.2) is 36.2 Å². The number of rotatable bonds is 2. The fraction of sp³-hybridized carbons (Fsp3) is 0.444. The van der Waals surface area contributed by atoms with E-state index in [1.807, 2.05) is 0 Å². The molecular weight excluding hydrogens is 222 g/mol. The van der Waals surface area contributed by atoms with E-state index in [0.29, 0.717) is 6.42 Å². The molecule has 8 heteroatoms. The Kier molecular flexibility index (Phi) is 2.32. The Balaban J connectivity index is 1.68. The van der Waals surface area contributed by atoms with Crippen molar-refractivity contribution in [3.63, 3.8) is 0 Å². The molecule has 1 amide bonds. The van der Waals surface area contributed by atoms with Gasteiger partial charge in [0.2, 0.25) is 5.91 Å². The molecule has 8 nitrogen and oxygen atoms in total. The van der Waals surface area contributed by atoms with Gasteiger partial charge in [-0.05, 0) is 12.8 Å². The molecule has 0 aromatic carbocycles. The van der Waals surface area contributed by atoms with Gasteiger partial charge in [0, 0.05) is 12.3 Å². The molecule has 2 aromatic heterocycles. The first kappa shape index (κ1) is 9.94. The van der Waals surface area contributed by atoms with Crippen LogP contribution in [0.3, 0.4) is 0 Å². The Bertz CT molecular complexity index is 517. The zero-order valence-electron chi connectivity index (χ0n) is 9.00. The van der Waals surface area contributed by atoms with Crippen LogP contribution in [0.25, 0.3) is 0 Å². The smallest absolute Gasteiger partial charge is 0.242 e. The normalized spacial score (nSPS) is 18.7. The van der Waals surface area contributed by atoms with Crippen molar-refractivity contribution in [1.82, 2.24) is 30.3 Å². The zero-order valence-corrected chi connectivity index (χ0v) is 9.00. The van der Waals surface area contributed by atoms with Crippen LogP contribution < -0.4 is 5.43 Å². The van der Waals surface area contributed by atoms with Crippen molar-refractivity contribution in [2.24, 2.45) is 5.92 Å². The van der Waals surface area contributed by atoms with E-state index >= 15 is 0 Å². The van der Waals surface area contributed by atoms with E-state index in [1.165, 1.54) is 17.3 Å². The Morgan fingerprint density at radius 2 is 2.12 bits per heavy atom. The van der Waals surface area contributed by atoms with Crippen molar-refractivity contribution in [2.75, 3.05) is 5.43 Å². The van der Waals surface area contributed by atoms with Crippen molar-refractivity contribution in [2.45, 2.75) is 19.3 Å². The van der Waals surface area contributed by atoms with Crippen molar-refractivity contribution < 1.29 is 4.79 Å². The quantitative estimate of drug-likeness (QED) is 0.712. The molecule has 17 heavy (non-hydrogen) atoms. The first-order chi connectivity index (χ1) is 8.33. The molecule has 1 atom stereocenters. The van der Waals surface area contributed by atoms with Gasteiger partial charge >= 0.3 is 0 Å². The standard InChI is InChI=1S/C9H11N7O/c17-9(14-16-4-10-11-5-16)6-1-2-7-8(3-6)13-15-12-7/h4-6H,1-3H2,(H,14,17)(H,12,13,15). The summed E-state index contributed by atoms with van der Waals surface area (Å²) in [7, 11) is 0. The summed E-state index contributed by atoms with van der Waals surface area (Å²) in [6.07, 6.45) is 5.09. The number of hydrogen-bond donors (Lipinski definition) is 2. The molecule has 1 unspecified atom stereocenters. The monoisotopic (exact) mass is 233 g/mol. The average Bonchev–Trinajstić information content (AvgIpc) is 2.97. The number of aryl methyl sites for hydroxylation is 1. The van der Waals surface area contributed by atoms with Crippen LogP contribution >= 0.6 is 0 Å². The lowest BCUT2D eigenvalue weighted by atomic mass is 9.89. The number of fused-ring (bicyclic) bond motifs is 1. The van der Waals surface area contributed by atoms with Crippen LogP contribution in [0.2, 0.25) is 0 Å². The van der Waals surface area contributed by atoms with Gasteiger partial charge in [0.1, 0.15) is 12.7 Å². The first-order valence-electron chi connectivity index (χ1n) is 5.37. The van der Waals surface area contributed by atoms with E-state index in [-0.39, 0.29) is 11.8 Å². The molecule has 2 aromatic rings. The number of carbonyl (C=O) groups is 1. The second-order valence-electron chi connectivity index (χ2n) is 4.00. The van der Waals surface area contributed by atoms with Crippen molar-refractivity contribution in [1.29, 1.82) is 0 Å². The van der Waals surface area contributed by atoms with Crippen LogP contribution in [0.1, 0.15) is 17.8 Å². The topological polar surface area (TPSA) is 101 Å². The molecule has 0 radical (unpaired) electrons. The van der Waals surface area contributed by atoms with E-state index in [2.05, 4.69) is 31.0 Å². The lowest BCUT2D eigenvalue weighted by Crippen LogP contribution is -2.32. The number of nitrogens with zero attached hydrogens (tertiary/aromatic N) is 5. The number of aromatic nitrogens is 6. The first-order valence-corrected chi connectivity index (χ1v) is 5.37. The number of nitrogens with one attached hydrogen (secondary N) is 2. The Morgan fingerprint density at radius 1 is 1.35 bits per heavy atom. The van der Waals surface area contributed by atoms with Gasteiger partial charge in [0.15, 0.2) is 0 Å². The van der Waals surface area contributed by atoms with Gasteiger partial charge in [-0.15, -0.1) is 10.2 Å². The van der Waals surface area contributed by atoms with Gasteiger partial charge in [0.05, 0.1) is 11.4 Å². The van der Waals surface area contributed by atoms with Gasteiger partial charge in [-0.25, -0.2) is 4.68 Å². The summed E-state index contributed by atoms with van der Waals surface area (Å²) in [5.41, 5.74) is 4.57. The molecule has 0 fully saturated rings. The maximum atomic E-state index is 12.0. The summed E-state index contributed by atoms with van der Waals surface area (Å²) in [5.74, 6) is -0.117. The Hall–Kier alpha value is -2.25. The lowest BCUT2D eigenvalue weighted by Gasteiger charge is -2.19. The summed E-state index contributed by atoms with van der Waals surface area (Å²) in [4.78, 5) is 12.0. The fourth-order valence-corrected chi connectivity index (χ4v) is 1.99. The van der Waals surface area contributed by atoms with Gasteiger partial charge in [-0.1, -0.05) is 0 Å². The van der Waals surface area contributed by atoms with Crippen LogP contribution in [0.15, 0.2) is 12.7 Å². The van der Waals surface area contributed by atoms with Crippen molar-refractivity contribution in [3.05, 3.63) is 24.0 Å². The molecule has 1 aliphatic carbocycles. The lowest BCUT2D eigenvalue weighted by molar-refractivity contribution is -0.121. The Labute approximate surface area is 96.4 Å². The highest BCUT2D eigenvalue weighted by atomic mass is 16.2. The largest absolute Gasteiger partial charge is 0.273 e. The molecule has 2 heterocycles. The molecule has 88 valence electrons. The van der Waals surface area contributed by atoms with E-state index in [9.17, 15) is 4.79 Å². The molecular formula is C9H11N7O. The molecule has 1 aliphatic rings. The molecule has 0 saturated heterocycles. The van der Waals surface area contributed by atoms with E-state index in [0.717, 1.165) is 24.2 Å². The highest BCUT2D eigenvalue weighted by Crippen LogP contribution is 2.22. The van der Waals surface area contributed by atoms with Crippen molar-refractivity contribution >= 4 is 5.91 Å². The summed E-state index contributed by atoms with van der Waals surface area (Å²) in [5, 5.41) is 17.9. The zero-order chi connectivity index (χ0) is 11.7. The number of hydrogen-bond acceptors (Lipinski definition) is 5. The van der Waals surface area contributed by atoms with Crippen LogP contribution in [-0.2, 0) is 17.6 Å². The number of carbonyl (C=O) groups excluding carboxylic acids is 1. The minimum Gasteiger partial charge on any atom is -0.273 e. The van der Waals surface area contributed by atoms with Gasteiger partial charge in [-0.2, -0.15) is 15.4 Å². The molecule has 0 saturated carbocycles. The number of amides is 1. The second kappa shape index (κ2) is 3.96. The third-order valence-corrected chi connectivity index (χ3v) is 2.90. The summed E-state index contributed by atoms with van der Waals surface area (Å²) in [6, 6.07) is 0. The molecule has 3 rings (SSSR count). The SMILES string of the molecule is O=C(Nn1cnnc1)C1CCc2n[nH]nc2C1. The minimum absolute atomic E-state index is 0.0431. The van der Waals surface area contributed by atoms with E-state index < -0.39 is 0 Å². The predicted molar refractivity (Wildman–Crippen MR) is 56.3 cm³/mol. The minimum atomic E-state index is -0.0741. The van der Waals surface area contributed by atoms with Crippen molar-refractivity contribution in [3.8, 4) is 0 Å².